The lowest BCUT2D eigenvalue weighted by Gasteiger charge is -2.26. The van der Waals surface area contributed by atoms with E-state index in [0.717, 1.165) is 0 Å². The molecule has 1 aromatic carbocycles. The fourth-order valence-electron chi connectivity index (χ4n) is 1.58. The minimum Gasteiger partial charge on any atom is -0.115 e. The fraction of sp³-hybridized carbons (Fsp3) is 0.167. The largest absolute Gasteiger partial charge is 0.157 e. The molecule has 96 valence electrons. The van der Waals surface area contributed by atoms with Crippen molar-refractivity contribution >= 4 is 75.2 Å². The summed E-state index contributed by atoms with van der Waals surface area (Å²) in [4.78, 5) is 0. The molecule has 1 unspecified atom stereocenters. The van der Waals surface area contributed by atoms with Crippen LogP contribution in [-0.4, -0.2) is 9.71 Å². The van der Waals surface area contributed by atoms with Gasteiger partial charge >= 0.3 is 0 Å². The van der Waals surface area contributed by atoms with Crippen LogP contribution in [0.4, 0.5) is 0 Å². The zero-order chi connectivity index (χ0) is 13.5. The van der Waals surface area contributed by atoms with Crippen LogP contribution in [0.15, 0.2) is 35.4 Å². The molecule has 0 saturated carbocycles. The smallest absolute Gasteiger partial charge is 0.115 e. The van der Waals surface area contributed by atoms with Gasteiger partial charge in [-0.2, -0.15) is 0 Å². The Bertz CT molecular complexity index is 543. The van der Waals surface area contributed by atoms with Crippen LogP contribution in [-0.2, 0) is 0 Å². The van der Waals surface area contributed by atoms with Crippen molar-refractivity contribution in [1.29, 1.82) is 0 Å². The molecular weight excluding hydrogens is 357 g/mol. The Kier molecular flexibility index (Phi) is 4.48. The van der Waals surface area contributed by atoms with E-state index in [1.54, 1.807) is 30.4 Å². The molecule has 0 amide bonds. The molecule has 2 rings (SSSR count). The van der Waals surface area contributed by atoms with Crippen LogP contribution in [0.5, 0.6) is 0 Å². The molecule has 6 heteroatoms. The Morgan fingerprint density at radius 1 is 1.06 bits per heavy atom. The van der Waals surface area contributed by atoms with E-state index in [2.05, 4.69) is 0 Å². The summed E-state index contributed by atoms with van der Waals surface area (Å²) in [5.74, 6) is 0. The van der Waals surface area contributed by atoms with Gasteiger partial charge in [-0.3, -0.25) is 0 Å². The Morgan fingerprint density at radius 3 is 2.33 bits per heavy atom. The maximum Gasteiger partial charge on any atom is 0.157 e. The number of hydrogen-bond donors (Lipinski definition) is 0. The van der Waals surface area contributed by atoms with E-state index in [0.29, 0.717) is 26.2 Å². The van der Waals surface area contributed by atoms with E-state index in [1.165, 1.54) is 0 Å². The second-order valence-electron chi connectivity index (χ2n) is 3.77. The first-order valence-electron chi connectivity index (χ1n) is 4.89. The zero-order valence-corrected chi connectivity index (χ0v) is 13.3. The van der Waals surface area contributed by atoms with Crippen LogP contribution in [0.1, 0.15) is 5.56 Å². The maximum atomic E-state index is 6.15. The van der Waals surface area contributed by atoms with Crippen molar-refractivity contribution < 1.29 is 0 Å². The summed E-state index contributed by atoms with van der Waals surface area (Å²) in [5, 5.41) is 0.871. The number of benzene rings is 1. The first-order valence-corrected chi connectivity index (χ1v) is 7.22. The highest BCUT2D eigenvalue weighted by Gasteiger charge is 2.35. The van der Waals surface area contributed by atoms with Crippen molar-refractivity contribution in [3.63, 3.8) is 0 Å². The summed E-state index contributed by atoms with van der Waals surface area (Å²) in [6.45, 7) is 0. The van der Waals surface area contributed by atoms with Gasteiger partial charge < -0.3 is 0 Å². The van der Waals surface area contributed by atoms with Gasteiger partial charge in [0.1, 0.15) is 0 Å². The number of halogens is 6. The van der Waals surface area contributed by atoms with Gasteiger partial charge in [0.15, 0.2) is 4.33 Å². The quantitative estimate of drug-likeness (QED) is 0.514. The van der Waals surface area contributed by atoms with E-state index in [-0.39, 0.29) is 0 Å². The van der Waals surface area contributed by atoms with Gasteiger partial charge in [0.05, 0.1) is 5.38 Å². The molecular formula is C12H6Cl6. The molecule has 1 aromatic rings. The molecule has 0 radical (unpaired) electrons. The molecule has 0 aromatic heterocycles. The van der Waals surface area contributed by atoms with Gasteiger partial charge in [-0.1, -0.05) is 64.1 Å². The maximum absolute atomic E-state index is 6.15. The highest BCUT2D eigenvalue weighted by molar-refractivity contribution is 6.55. The lowest BCUT2D eigenvalue weighted by molar-refractivity contribution is 0.970. The molecule has 1 aliphatic rings. The summed E-state index contributed by atoms with van der Waals surface area (Å²) in [6, 6.07) is 5.09. The Hall–Kier alpha value is 0.440. The average Bonchev–Trinajstić information content (AvgIpc) is 2.24. The van der Waals surface area contributed by atoms with Crippen molar-refractivity contribution in [2.75, 3.05) is 0 Å². The van der Waals surface area contributed by atoms with Crippen LogP contribution < -0.4 is 0 Å². The van der Waals surface area contributed by atoms with Crippen LogP contribution >= 0.6 is 69.6 Å². The normalized spacial score (nSPS) is 22.4. The third kappa shape index (κ3) is 2.95. The summed E-state index contributed by atoms with van der Waals surface area (Å²) < 4.78 is -1.22. The van der Waals surface area contributed by atoms with Crippen molar-refractivity contribution in [2.24, 2.45) is 0 Å². The van der Waals surface area contributed by atoms with Crippen molar-refractivity contribution in [1.82, 2.24) is 0 Å². The number of hydrogen-bond acceptors (Lipinski definition) is 0. The average molecular weight is 363 g/mol. The minimum atomic E-state index is -1.22. The molecule has 0 aliphatic heterocycles. The number of allylic oxidation sites excluding steroid dienone is 4. The molecule has 0 N–H and O–H groups in total. The molecule has 1 atom stereocenters. The Labute approximate surface area is 135 Å². The number of rotatable bonds is 1. The van der Waals surface area contributed by atoms with Crippen molar-refractivity contribution in [2.45, 2.75) is 9.71 Å². The standard InChI is InChI=1S/C12H6Cl6/c13-6-1-2-7(9(14)3-6)8-5-12(17,18)11(16)4-10(8)15/h1-5,11H. The predicted molar refractivity (Wildman–Crippen MR) is 82.5 cm³/mol. The monoisotopic (exact) mass is 360 g/mol. The van der Waals surface area contributed by atoms with Crippen molar-refractivity contribution in [3.05, 3.63) is 51.0 Å². The van der Waals surface area contributed by atoms with Gasteiger partial charge in [0.2, 0.25) is 0 Å². The lowest BCUT2D eigenvalue weighted by atomic mass is 9.98. The molecule has 18 heavy (non-hydrogen) atoms. The summed E-state index contributed by atoms with van der Waals surface area (Å²) >= 11 is 36.3. The van der Waals surface area contributed by atoms with Gasteiger partial charge in [0, 0.05) is 26.2 Å². The summed E-state index contributed by atoms with van der Waals surface area (Å²) in [5.41, 5.74) is 1.34. The van der Waals surface area contributed by atoms with Gasteiger partial charge in [-0.05, 0) is 24.3 Å². The zero-order valence-electron chi connectivity index (χ0n) is 8.73. The molecule has 0 spiro atoms. The van der Waals surface area contributed by atoms with E-state index in [9.17, 15) is 0 Å². The molecule has 0 fully saturated rings. The first-order chi connectivity index (χ1) is 8.31. The summed E-state index contributed by atoms with van der Waals surface area (Å²) in [6.07, 6.45) is 3.18. The molecule has 0 saturated heterocycles. The van der Waals surface area contributed by atoms with E-state index in [4.69, 9.17) is 69.6 Å². The lowest BCUT2D eigenvalue weighted by Crippen LogP contribution is -2.25. The molecule has 1 aliphatic carbocycles. The van der Waals surface area contributed by atoms with Crippen LogP contribution in [0.2, 0.25) is 10.0 Å². The Morgan fingerprint density at radius 2 is 1.72 bits per heavy atom. The highest BCUT2D eigenvalue weighted by atomic mass is 35.5. The third-order valence-corrected chi connectivity index (χ3v) is 4.74. The van der Waals surface area contributed by atoms with E-state index in [1.807, 2.05) is 0 Å². The predicted octanol–water partition coefficient (Wildman–Crippen LogP) is 6.29. The molecule has 0 bridgehead atoms. The van der Waals surface area contributed by atoms with Gasteiger partial charge in [-0.15, -0.1) is 11.6 Å². The van der Waals surface area contributed by atoms with Gasteiger partial charge in [-0.25, -0.2) is 0 Å². The second kappa shape index (κ2) is 5.44. The minimum absolute atomic E-state index is 0.455. The molecule has 0 heterocycles. The van der Waals surface area contributed by atoms with Crippen LogP contribution in [0.25, 0.3) is 5.57 Å². The number of alkyl halides is 3. The topological polar surface area (TPSA) is 0 Å². The van der Waals surface area contributed by atoms with E-state index < -0.39 is 9.71 Å². The summed E-state index contributed by atoms with van der Waals surface area (Å²) in [7, 11) is 0. The second-order valence-corrected chi connectivity index (χ2v) is 6.94. The van der Waals surface area contributed by atoms with Crippen molar-refractivity contribution in [3.8, 4) is 0 Å². The van der Waals surface area contributed by atoms with E-state index >= 15 is 0 Å². The third-order valence-electron chi connectivity index (χ3n) is 2.48. The first kappa shape index (κ1) is 14.8. The Balaban J connectivity index is 2.53. The van der Waals surface area contributed by atoms with Gasteiger partial charge in [0.25, 0.3) is 0 Å². The van der Waals surface area contributed by atoms with Crippen LogP contribution in [0, 0.1) is 0 Å². The fourth-order valence-corrected chi connectivity index (χ4v) is 2.97. The SMILES string of the molecule is ClC1=CC(Cl)C(Cl)(Cl)C=C1c1ccc(Cl)cc1Cl. The van der Waals surface area contributed by atoms with Crippen LogP contribution in [0.3, 0.4) is 0 Å². The molecule has 0 nitrogen and oxygen atoms in total. The highest BCUT2D eigenvalue weighted by Crippen LogP contribution is 2.44.